The fraction of sp³-hybridized carbons (Fsp3) is 0.571. The number of rotatable bonds is 5. The van der Waals surface area contributed by atoms with Crippen molar-refractivity contribution in [3.8, 4) is 5.75 Å². The van der Waals surface area contributed by atoms with E-state index in [0.29, 0.717) is 12.0 Å². The number of halogens is 3. The standard InChI is InChI=1S/C14H19F3N2O2/c15-14(16,17)21-13-4-2-1-3-11(13)12(5-10-20)19-8-6-18-7-9-19/h1-4,12,18,20H,5-10H2/t12-/m1/s1. The summed E-state index contributed by atoms with van der Waals surface area (Å²) in [5.41, 5.74) is 0.464. The van der Waals surface area contributed by atoms with Gasteiger partial charge in [-0.1, -0.05) is 18.2 Å². The lowest BCUT2D eigenvalue weighted by Gasteiger charge is -2.35. The summed E-state index contributed by atoms with van der Waals surface area (Å²) in [5.74, 6) is -0.193. The first-order chi connectivity index (χ1) is 10.0. The molecule has 1 heterocycles. The Morgan fingerprint density at radius 1 is 1.24 bits per heavy atom. The van der Waals surface area contributed by atoms with Crippen LogP contribution in [0.25, 0.3) is 0 Å². The molecule has 1 fully saturated rings. The Morgan fingerprint density at radius 3 is 2.52 bits per heavy atom. The molecule has 1 aliphatic heterocycles. The Balaban J connectivity index is 2.26. The molecule has 2 N–H and O–H groups in total. The first kappa shape index (κ1) is 16.1. The normalized spacial score (nSPS) is 18.5. The third-order valence-electron chi connectivity index (χ3n) is 3.50. The highest BCUT2D eigenvalue weighted by Crippen LogP contribution is 2.34. The Hall–Kier alpha value is -1.31. The third-order valence-corrected chi connectivity index (χ3v) is 3.50. The second-order valence-electron chi connectivity index (χ2n) is 4.90. The van der Waals surface area contributed by atoms with E-state index in [-0.39, 0.29) is 18.4 Å². The zero-order valence-electron chi connectivity index (χ0n) is 11.6. The number of hydrogen-bond donors (Lipinski definition) is 2. The maximum atomic E-state index is 12.5. The molecule has 0 radical (unpaired) electrons. The number of nitrogens with zero attached hydrogens (tertiary/aromatic N) is 1. The molecule has 21 heavy (non-hydrogen) atoms. The minimum absolute atomic E-state index is 0.0883. The molecule has 0 aromatic heterocycles. The van der Waals surface area contributed by atoms with Gasteiger partial charge in [-0.25, -0.2) is 0 Å². The van der Waals surface area contributed by atoms with Crippen molar-refractivity contribution in [1.29, 1.82) is 0 Å². The Kier molecular flexibility index (Phi) is 5.44. The zero-order valence-corrected chi connectivity index (χ0v) is 11.6. The van der Waals surface area contributed by atoms with E-state index in [4.69, 9.17) is 0 Å². The van der Waals surface area contributed by atoms with E-state index in [9.17, 15) is 18.3 Å². The van der Waals surface area contributed by atoms with Crippen LogP contribution in [0.2, 0.25) is 0 Å². The monoisotopic (exact) mass is 304 g/mol. The summed E-state index contributed by atoms with van der Waals surface area (Å²) in [6.45, 7) is 2.93. The second-order valence-corrected chi connectivity index (χ2v) is 4.90. The van der Waals surface area contributed by atoms with Gasteiger partial charge in [0.1, 0.15) is 5.75 Å². The summed E-state index contributed by atoms with van der Waals surface area (Å²) >= 11 is 0. The van der Waals surface area contributed by atoms with E-state index in [1.807, 2.05) is 0 Å². The molecular weight excluding hydrogens is 285 g/mol. The van der Waals surface area contributed by atoms with Crippen LogP contribution in [0.3, 0.4) is 0 Å². The molecule has 1 saturated heterocycles. The first-order valence-electron chi connectivity index (χ1n) is 6.91. The first-order valence-corrected chi connectivity index (χ1v) is 6.91. The molecule has 0 unspecified atom stereocenters. The molecule has 118 valence electrons. The van der Waals surface area contributed by atoms with E-state index in [1.54, 1.807) is 12.1 Å². The van der Waals surface area contributed by atoms with Crippen LogP contribution in [0.1, 0.15) is 18.0 Å². The predicted octanol–water partition coefficient (Wildman–Crippen LogP) is 1.91. The number of benzene rings is 1. The van der Waals surface area contributed by atoms with E-state index < -0.39 is 6.36 Å². The highest BCUT2D eigenvalue weighted by Gasteiger charge is 2.33. The highest BCUT2D eigenvalue weighted by molar-refractivity contribution is 5.36. The minimum Gasteiger partial charge on any atom is -0.405 e. The average molecular weight is 304 g/mol. The van der Waals surface area contributed by atoms with Crippen LogP contribution in [-0.4, -0.2) is 49.2 Å². The summed E-state index contributed by atoms with van der Waals surface area (Å²) in [4.78, 5) is 2.07. The molecule has 1 aromatic rings. The Bertz CT molecular complexity index is 448. The summed E-state index contributed by atoms with van der Waals surface area (Å²) < 4.78 is 41.7. The zero-order chi connectivity index (χ0) is 15.3. The van der Waals surface area contributed by atoms with E-state index >= 15 is 0 Å². The number of nitrogens with one attached hydrogen (secondary N) is 1. The molecule has 0 bridgehead atoms. The number of para-hydroxylation sites is 1. The van der Waals surface area contributed by atoms with Crippen LogP contribution in [0.5, 0.6) is 5.75 Å². The quantitative estimate of drug-likeness (QED) is 0.872. The summed E-state index contributed by atoms with van der Waals surface area (Å²) in [7, 11) is 0. The van der Waals surface area contributed by atoms with Gasteiger partial charge in [0.2, 0.25) is 0 Å². The summed E-state index contributed by atoms with van der Waals surface area (Å²) in [6.07, 6.45) is -4.35. The van der Waals surface area contributed by atoms with Gasteiger partial charge in [0.05, 0.1) is 0 Å². The summed E-state index contributed by atoms with van der Waals surface area (Å²) in [5, 5.41) is 12.4. The number of piperazine rings is 1. The van der Waals surface area contributed by atoms with Gasteiger partial charge in [-0.15, -0.1) is 13.2 Å². The van der Waals surface area contributed by atoms with Crippen molar-refractivity contribution in [1.82, 2.24) is 10.2 Å². The molecule has 0 amide bonds. The number of ether oxygens (including phenoxy) is 1. The third kappa shape index (κ3) is 4.59. The van der Waals surface area contributed by atoms with E-state index in [2.05, 4.69) is 15.0 Å². The van der Waals surface area contributed by atoms with Crippen LogP contribution in [0.15, 0.2) is 24.3 Å². The van der Waals surface area contributed by atoms with Crippen molar-refractivity contribution < 1.29 is 23.0 Å². The maximum absolute atomic E-state index is 12.5. The van der Waals surface area contributed by atoms with Crippen LogP contribution < -0.4 is 10.1 Å². The molecule has 1 atom stereocenters. The van der Waals surface area contributed by atoms with Crippen molar-refractivity contribution >= 4 is 0 Å². The topological polar surface area (TPSA) is 44.7 Å². The fourth-order valence-corrected chi connectivity index (χ4v) is 2.62. The van der Waals surface area contributed by atoms with Crippen molar-refractivity contribution in [2.75, 3.05) is 32.8 Å². The van der Waals surface area contributed by atoms with Gasteiger partial charge >= 0.3 is 6.36 Å². The predicted molar refractivity (Wildman–Crippen MR) is 72.0 cm³/mol. The molecule has 0 saturated carbocycles. The molecular formula is C14H19F3N2O2. The molecule has 0 aliphatic carbocycles. The lowest BCUT2D eigenvalue weighted by molar-refractivity contribution is -0.275. The maximum Gasteiger partial charge on any atom is 0.573 e. The highest BCUT2D eigenvalue weighted by atomic mass is 19.4. The second kappa shape index (κ2) is 7.11. The molecule has 1 aromatic carbocycles. The van der Waals surface area contributed by atoms with Gasteiger partial charge in [-0.3, -0.25) is 4.90 Å². The number of aliphatic hydroxyl groups is 1. The average Bonchev–Trinajstić information content (AvgIpc) is 2.45. The molecule has 1 aliphatic rings. The molecule has 7 heteroatoms. The van der Waals surface area contributed by atoms with Crippen LogP contribution in [-0.2, 0) is 0 Å². The minimum atomic E-state index is -4.72. The Labute approximate surface area is 121 Å². The smallest absolute Gasteiger partial charge is 0.405 e. The van der Waals surface area contributed by atoms with Crippen LogP contribution >= 0.6 is 0 Å². The fourth-order valence-electron chi connectivity index (χ4n) is 2.62. The summed E-state index contributed by atoms with van der Waals surface area (Å²) in [6, 6.07) is 5.86. The molecule has 4 nitrogen and oxygen atoms in total. The molecule has 0 spiro atoms. The van der Waals surface area contributed by atoms with Gasteiger partial charge in [0.25, 0.3) is 0 Å². The van der Waals surface area contributed by atoms with E-state index in [1.165, 1.54) is 12.1 Å². The largest absolute Gasteiger partial charge is 0.573 e. The Morgan fingerprint density at radius 2 is 1.90 bits per heavy atom. The van der Waals surface area contributed by atoms with Crippen molar-refractivity contribution in [3.05, 3.63) is 29.8 Å². The number of hydrogen-bond acceptors (Lipinski definition) is 4. The van der Waals surface area contributed by atoms with Crippen molar-refractivity contribution in [2.45, 2.75) is 18.8 Å². The SMILES string of the molecule is OCC[C@H](c1ccccc1OC(F)(F)F)N1CCNCC1. The van der Waals surface area contributed by atoms with Gasteiger partial charge in [-0.05, 0) is 12.5 Å². The van der Waals surface area contributed by atoms with Gasteiger partial charge in [0.15, 0.2) is 0 Å². The van der Waals surface area contributed by atoms with Gasteiger partial charge in [0, 0.05) is 44.4 Å². The lowest BCUT2D eigenvalue weighted by atomic mass is 10.0. The van der Waals surface area contributed by atoms with Gasteiger partial charge < -0.3 is 15.2 Å². The van der Waals surface area contributed by atoms with Gasteiger partial charge in [-0.2, -0.15) is 0 Å². The van der Waals surface area contributed by atoms with E-state index in [0.717, 1.165) is 26.2 Å². The van der Waals surface area contributed by atoms with Crippen molar-refractivity contribution in [2.24, 2.45) is 0 Å². The molecule has 2 rings (SSSR count). The number of aliphatic hydroxyl groups excluding tert-OH is 1. The van der Waals surface area contributed by atoms with Crippen LogP contribution in [0.4, 0.5) is 13.2 Å². The number of alkyl halides is 3. The van der Waals surface area contributed by atoms with Crippen LogP contribution in [0, 0.1) is 0 Å². The lowest BCUT2D eigenvalue weighted by Crippen LogP contribution is -2.45. The van der Waals surface area contributed by atoms with Crippen molar-refractivity contribution in [3.63, 3.8) is 0 Å².